The molecular formula is C15H24F3N3O2. The smallest absolute Gasteiger partial charge is 0.387 e. The van der Waals surface area contributed by atoms with E-state index >= 15 is 0 Å². The summed E-state index contributed by atoms with van der Waals surface area (Å²) < 4.78 is 36.5. The zero-order valence-electron chi connectivity index (χ0n) is 13.6. The number of hydrogen-bond acceptors (Lipinski definition) is 4. The van der Waals surface area contributed by atoms with Gasteiger partial charge in [0.1, 0.15) is 12.3 Å². The Morgan fingerprint density at radius 3 is 2.87 bits per heavy atom. The lowest BCUT2D eigenvalue weighted by Crippen LogP contribution is -2.49. The number of amides is 1. The number of carbonyl (C=O) groups excluding carboxylic acids is 1. The Hall–Kier alpha value is -1.31. The fourth-order valence-electron chi connectivity index (χ4n) is 2.97. The summed E-state index contributed by atoms with van der Waals surface area (Å²) in [6, 6.07) is 0. The van der Waals surface area contributed by atoms with Gasteiger partial charge in [-0.3, -0.25) is 9.69 Å². The molecule has 0 saturated carbocycles. The third-order valence-corrected chi connectivity index (χ3v) is 4.19. The average Bonchev–Trinajstić information content (AvgIpc) is 2.85. The maximum Gasteiger partial charge on any atom is 0.405 e. The van der Waals surface area contributed by atoms with Crippen LogP contribution in [-0.2, 0) is 9.63 Å². The first kappa shape index (κ1) is 18.0. The van der Waals surface area contributed by atoms with Gasteiger partial charge in [0.15, 0.2) is 5.60 Å². The van der Waals surface area contributed by atoms with E-state index in [1.807, 2.05) is 5.32 Å². The highest BCUT2D eigenvalue weighted by Crippen LogP contribution is 2.33. The summed E-state index contributed by atoms with van der Waals surface area (Å²) in [6.07, 6.45) is -1.37. The highest BCUT2D eigenvalue weighted by atomic mass is 19.4. The lowest BCUT2D eigenvalue weighted by Gasteiger charge is -2.38. The van der Waals surface area contributed by atoms with Gasteiger partial charge < -0.3 is 10.2 Å². The van der Waals surface area contributed by atoms with Gasteiger partial charge in [-0.25, -0.2) is 0 Å². The minimum Gasteiger partial charge on any atom is -0.387 e. The van der Waals surface area contributed by atoms with Crippen molar-refractivity contribution in [2.45, 2.75) is 51.3 Å². The zero-order chi connectivity index (χ0) is 17.1. The van der Waals surface area contributed by atoms with E-state index in [0.29, 0.717) is 12.5 Å². The molecule has 2 rings (SSSR count). The topological polar surface area (TPSA) is 53.9 Å². The predicted octanol–water partition coefficient (Wildman–Crippen LogP) is 2.32. The van der Waals surface area contributed by atoms with E-state index in [0.717, 1.165) is 32.4 Å². The number of hydrogen-bond donors (Lipinski definition) is 1. The van der Waals surface area contributed by atoms with E-state index in [4.69, 9.17) is 4.84 Å². The van der Waals surface area contributed by atoms with Gasteiger partial charge in [0.2, 0.25) is 0 Å². The molecule has 0 aromatic carbocycles. The molecular weight excluding hydrogens is 311 g/mol. The Balaban J connectivity index is 1.85. The molecule has 1 spiro atoms. The number of nitrogens with one attached hydrogen (secondary N) is 1. The number of oxime groups is 1. The molecule has 1 fully saturated rings. The first-order chi connectivity index (χ1) is 10.7. The van der Waals surface area contributed by atoms with Crippen LogP contribution in [0.1, 0.15) is 39.5 Å². The van der Waals surface area contributed by atoms with Crippen LogP contribution in [0.2, 0.25) is 0 Å². The van der Waals surface area contributed by atoms with Crippen LogP contribution in [-0.4, -0.2) is 54.5 Å². The van der Waals surface area contributed by atoms with Gasteiger partial charge in [-0.05, 0) is 38.3 Å². The van der Waals surface area contributed by atoms with Crippen LogP contribution in [0, 0.1) is 5.92 Å². The lowest BCUT2D eigenvalue weighted by atomic mass is 9.87. The van der Waals surface area contributed by atoms with Crippen molar-refractivity contribution in [3.63, 3.8) is 0 Å². The Bertz CT molecular complexity index is 465. The fraction of sp³-hybridized carbons (Fsp3) is 0.867. The van der Waals surface area contributed by atoms with Crippen molar-refractivity contribution in [2.75, 3.05) is 26.2 Å². The van der Waals surface area contributed by atoms with Gasteiger partial charge in [-0.2, -0.15) is 13.2 Å². The molecule has 2 heterocycles. The van der Waals surface area contributed by atoms with Crippen molar-refractivity contribution in [1.82, 2.24) is 10.2 Å². The number of alkyl halides is 3. The summed E-state index contributed by atoms with van der Waals surface area (Å²) in [4.78, 5) is 19.6. The van der Waals surface area contributed by atoms with E-state index < -0.39 is 24.2 Å². The third kappa shape index (κ3) is 5.37. The molecule has 1 saturated heterocycles. The van der Waals surface area contributed by atoms with Crippen LogP contribution in [0.15, 0.2) is 5.16 Å². The second-order valence-electron chi connectivity index (χ2n) is 6.85. The Labute approximate surface area is 134 Å². The van der Waals surface area contributed by atoms with Crippen LogP contribution in [0.4, 0.5) is 13.2 Å². The number of piperidine rings is 1. The van der Waals surface area contributed by atoms with Crippen molar-refractivity contribution in [3.05, 3.63) is 0 Å². The van der Waals surface area contributed by atoms with Gasteiger partial charge >= 0.3 is 6.18 Å². The molecule has 2 aliphatic rings. The molecule has 0 radical (unpaired) electrons. The maximum absolute atomic E-state index is 12.2. The number of halogens is 3. The molecule has 2 aliphatic heterocycles. The summed E-state index contributed by atoms with van der Waals surface area (Å²) in [7, 11) is 0. The monoisotopic (exact) mass is 335 g/mol. The molecule has 5 nitrogen and oxygen atoms in total. The first-order valence-corrected chi connectivity index (χ1v) is 8.01. The van der Waals surface area contributed by atoms with Crippen molar-refractivity contribution >= 4 is 11.6 Å². The molecule has 0 bridgehead atoms. The van der Waals surface area contributed by atoms with Gasteiger partial charge in [0.05, 0.1) is 0 Å². The van der Waals surface area contributed by atoms with Crippen LogP contribution in [0.3, 0.4) is 0 Å². The lowest BCUT2D eigenvalue weighted by molar-refractivity contribution is -0.134. The minimum atomic E-state index is -4.42. The second-order valence-corrected chi connectivity index (χ2v) is 6.85. The molecule has 1 atom stereocenters. The molecule has 1 N–H and O–H groups in total. The van der Waals surface area contributed by atoms with E-state index in [1.54, 1.807) is 0 Å². The summed E-state index contributed by atoms with van der Waals surface area (Å²) in [5, 5.41) is 5.60. The SMILES string of the molecule is CC(C)CCN1CCC[C@]2(CC(C(=O)NCC(F)(F)F)=NO2)C1. The third-order valence-electron chi connectivity index (χ3n) is 4.19. The van der Waals surface area contributed by atoms with Gasteiger partial charge in [-0.15, -0.1) is 0 Å². The molecule has 0 unspecified atom stereocenters. The number of rotatable bonds is 5. The molecule has 0 aromatic rings. The van der Waals surface area contributed by atoms with Crippen molar-refractivity contribution in [2.24, 2.45) is 11.1 Å². The molecule has 1 amide bonds. The largest absolute Gasteiger partial charge is 0.405 e. The van der Waals surface area contributed by atoms with E-state index in [2.05, 4.69) is 23.9 Å². The minimum absolute atomic E-state index is 0.0555. The van der Waals surface area contributed by atoms with Crippen molar-refractivity contribution in [3.8, 4) is 0 Å². The number of likely N-dealkylation sites (tertiary alicyclic amines) is 1. The average molecular weight is 335 g/mol. The molecule has 0 aromatic heterocycles. The number of nitrogens with zero attached hydrogens (tertiary/aromatic N) is 2. The normalized spacial score (nSPS) is 25.6. The first-order valence-electron chi connectivity index (χ1n) is 8.01. The van der Waals surface area contributed by atoms with Gasteiger partial charge in [0.25, 0.3) is 5.91 Å². The number of carbonyl (C=O) groups is 1. The van der Waals surface area contributed by atoms with Crippen LogP contribution in [0.5, 0.6) is 0 Å². The van der Waals surface area contributed by atoms with Crippen LogP contribution in [0.25, 0.3) is 0 Å². The van der Waals surface area contributed by atoms with Crippen LogP contribution < -0.4 is 5.32 Å². The van der Waals surface area contributed by atoms with Crippen LogP contribution >= 0.6 is 0 Å². The Morgan fingerprint density at radius 2 is 2.22 bits per heavy atom. The van der Waals surface area contributed by atoms with Crippen molar-refractivity contribution < 1.29 is 22.8 Å². The fourth-order valence-corrected chi connectivity index (χ4v) is 2.97. The summed E-state index contributed by atoms with van der Waals surface area (Å²) in [5.74, 6) is -0.184. The van der Waals surface area contributed by atoms with E-state index in [-0.39, 0.29) is 12.1 Å². The van der Waals surface area contributed by atoms with Crippen molar-refractivity contribution in [1.29, 1.82) is 0 Å². The molecule has 23 heavy (non-hydrogen) atoms. The van der Waals surface area contributed by atoms with Gasteiger partial charge in [-0.1, -0.05) is 19.0 Å². The highest BCUT2D eigenvalue weighted by Gasteiger charge is 2.44. The zero-order valence-corrected chi connectivity index (χ0v) is 13.6. The second kappa shape index (κ2) is 7.07. The van der Waals surface area contributed by atoms with E-state index in [9.17, 15) is 18.0 Å². The quantitative estimate of drug-likeness (QED) is 0.839. The summed E-state index contributed by atoms with van der Waals surface area (Å²) >= 11 is 0. The summed E-state index contributed by atoms with van der Waals surface area (Å²) in [6.45, 7) is 5.58. The molecule has 8 heteroatoms. The highest BCUT2D eigenvalue weighted by molar-refractivity contribution is 6.39. The summed E-state index contributed by atoms with van der Waals surface area (Å²) in [5.41, 5.74) is -0.500. The predicted molar refractivity (Wildman–Crippen MR) is 80.1 cm³/mol. The standard InChI is InChI=1S/C15H24F3N3O2/c1-11(2)4-7-21-6-3-5-14(10-21)8-12(20-23-14)13(22)19-9-15(16,17)18/h11H,3-10H2,1-2H3,(H,19,22)/t14-/m0/s1. The Kier molecular flexibility index (Phi) is 5.54. The maximum atomic E-state index is 12.2. The molecule has 0 aliphatic carbocycles. The van der Waals surface area contributed by atoms with Gasteiger partial charge in [0, 0.05) is 13.0 Å². The Morgan fingerprint density at radius 1 is 1.48 bits per heavy atom. The van der Waals surface area contributed by atoms with E-state index in [1.165, 1.54) is 0 Å². The molecule has 132 valence electrons.